The second-order valence-electron chi connectivity index (χ2n) is 21.5. The zero-order valence-corrected chi connectivity index (χ0v) is 56.5. The van der Waals surface area contributed by atoms with Gasteiger partial charge in [-0.3, -0.25) is 0 Å². The van der Waals surface area contributed by atoms with E-state index in [1.165, 1.54) is 116 Å². The largest absolute Gasteiger partial charge is 3.00 e. The second kappa shape index (κ2) is 73.4. The summed E-state index contributed by atoms with van der Waals surface area (Å²) in [5.41, 5.74) is 0. The third kappa shape index (κ3) is 61.6. The van der Waals surface area contributed by atoms with Gasteiger partial charge in [0.1, 0.15) is 19.8 Å². The van der Waals surface area contributed by atoms with Crippen molar-refractivity contribution in [2.24, 2.45) is 0 Å². The van der Waals surface area contributed by atoms with E-state index in [1.54, 1.807) is 0 Å². The molecule has 15 nitrogen and oxygen atoms in total. The van der Waals surface area contributed by atoms with Crippen molar-refractivity contribution in [3.8, 4) is 0 Å². The molecule has 0 saturated carbocycles. The average Bonchev–Trinajstić information content (AvgIpc) is 3.49. The van der Waals surface area contributed by atoms with Crippen molar-refractivity contribution < 1.29 is 72.2 Å². The average molecular weight is 1200 g/mol. The summed E-state index contributed by atoms with van der Waals surface area (Å²) in [6.45, 7) is 25.2. The van der Waals surface area contributed by atoms with Crippen molar-refractivity contribution in [3.63, 3.8) is 0 Å². The molecule has 0 aliphatic heterocycles. The predicted molar refractivity (Wildman–Crippen MR) is 332 cm³/mol. The Labute approximate surface area is 517 Å². The fraction of sp³-hybridized carbons (Fsp3) is 1.00. The zero-order chi connectivity index (χ0) is 60.2. The van der Waals surface area contributed by atoms with Crippen LogP contribution < -0.4 is 15.3 Å². The maximum Gasteiger partial charge on any atom is 3.00 e. The van der Waals surface area contributed by atoms with E-state index in [9.17, 15) is 15.3 Å². The molecule has 0 aromatic carbocycles. The van der Waals surface area contributed by atoms with Crippen LogP contribution in [0.4, 0.5) is 0 Å². The van der Waals surface area contributed by atoms with E-state index in [4.69, 9.17) is 56.8 Å². The van der Waals surface area contributed by atoms with Gasteiger partial charge in [-0.1, -0.05) is 236 Å². The molecule has 0 N–H and O–H groups in total. The topological polar surface area (TPSA) is 180 Å². The summed E-state index contributed by atoms with van der Waals surface area (Å²) in [5.74, 6) is -3.50. The molecule has 0 aliphatic carbocycles. The first-order chi connectivity index (χ1) is 39.7. The molecule has 16 heteroatoms. The summed E-state index contributed by atoms with van der Waals surface area (Å²) in [4.78, 5) is 0. The van der Waals surface area contributed by atoms with Gasteiger partial charge in [0.25, 0.3) is 0 Å². The van der Waals surface area contributed by atoms with E-state index in [0.717, 1.165) is 116 Å². The van der Waals surface area contributed by atoms with E-state index < -0.39 is 17.9 Å². The van der Waals surface area contributed by atoms with E-state index in [2.05, 4.69) is 62.3 Å². The Morgan fingerprint density at radius 1 is 0.195 bits per heavy atom. The molecule has 0 saturated heterocycles. The van der Waals surface area contributed by atoms with Crippen LogP contribution in [0.15, 0.2) is 0 Å². The summed E-state index contributed by atoms with van der Waals surface area (Å²) in [5, 5.41) is 32.3. The Balaban J connectivity index is -0.000000553. The Bertz CT molecular complexity index is 890. The van der Waals surface area contributed by atoms with Crippen LogP contribution in [0.5, 0.6) is 0 Å². The van der Waals surface area contributed by atoms with Crippen LogP contribution in [0.2, 0.25) is 0 Å². The molecule has 0 heterocycles. The van der Waals surface area contributed by atoms with Gasteiger partial charge < -0.3 is 72.2 Å². The Morgan fingerprint density at radius 2 is 0.329 bits per heavy atom. The van der Waals surface area contributed by atoms with Gasteiger partial charge in [0.15, 0.2) is 0 Å². The molecule has 0 rings (SSSR count). The second-order valence-corrected chi connectivity index (χ2v) is 21.5. The summed E-state index contributed by atoms with van der Waals surface area (Å²) in [7, 11) is 0. The molecule has 82 heavy (non-hydrogen) atoms. The SMILES string of the molecule is CCCCCCOC(COCC[O-])(OCCCCCC)OCCCCCC.CCCCCCOC(COCC[O-])(OCCCCCC)OCCCCCC.CCCCCCOC(COCC[O-])(OCCCCCC)OCCCCCC.[Al+3]. The molecule has 0 spiro atoms. The molecule has 0 fully saturated rings. The fourth-order valence-electron chi connectivity index (χ4n) is 8.33. The molecule has 0 radical (unpaired) electrons. The standard InChI is InChI=1S/3C22H45O5.Al/c3*1-4-7-10-13-17-25-22(21-24-20-16-23,26-18-14-11-8-5-2)27-19-15-12-9-6-3;/h3*4-21H2,1-3H3;/q3*-1;+3. The van der Waals surface area contributed by atoms with Crippen molar-refractivity contribution in [1.29, 1.82) is 0 Å². The third-order valence-corrected chi connectivity index (χ3v) is 13.4. The first kappa shape index (κ1) is 88.4. The number of hydrogen-bond acceptors (Lipinski definition) is 15. The molecule has 0 amide bonds. The molecule has 0 bridgehead atoms. The van der Waals surface area contributed by atoms with Crippen molar-refractivity contribution in [3.05, 3.63) is 0 Å². The van der Waals surface area contributed by atoms with E-state index >= 15 is 0 Å². The van der Waals surface area contributed by atoms with Crippen LogP contribution in [0.3, 0.4) is 0 Å². The van der Waals surface area contributed by atoms with Gasteiger partial charge in [-0.05, 0) is 57.8 Å². The molecule has 0 unspecified atom stereocenters. The molecular weight excluding hydrogens is 1060 g/mol. The zero-order valence-electron chi connectivity index (χ0n) is 55.4. The van der Waals surface area contributed by atoms with Gasteiger partial charge in [-0.25, -0.2) is 0 Å². The van der Waals surface area contributed by atoms with E-state index in [1.807, 2.05) is 0 Å². The molecule has 0 aromatic heterocycles. The quantitative estimate of drug-likeness (QED) is 0.0319. The van der Waals surface area contributed by atoms with Crippen LogP contribution >= 0.6 is 0 Å². The smallest absolute Gasteiger partial charge is 0.853 e. The maximum atomic E-state index is 10.8. The number of unbranched alkanes of at least 4 members (excludes halogenated alkanes) is 27. The Kier molecular flexibility index (Phi) is 79.1. The first-order valence-corrected chi connectivity index (χ1v) is 34.0. The van der Waals surface area contributed by atoms with Crippen LogP contribution in [-0.4, -0.2) is 154 Å². The van der Waals surface area contributed by atoms with E-state index in [-0.39, 0.29) is 76.8 Å². The first-order valence-electron chi connectivity index (χ1n) is 34.0. The minimum absolute atomic E-state index is 0. The number of hydrogen-bond donors (Lipinski definition) is 0. The van der Waals surface area contributed by atoms with Gasteiger partial charge in [0.2, 0.25) is 0 Å². The summed E-state index contributed by atoms with van der Waals surface area (Å²) < 4.78 is 71.1. The van der Waals surface area contributed by atoms with Crippen LogP contribution in [-0.2, 0) is 56.8 Å². The van der Waals surface area contributed by atoms with Crippen LogP contribution in [0.1, 0.15) is 293 Å². The van der Waals surface area contributed by atoms with Gasteiger partial charge in [-0.15, -0.1) is 19.8 Å². The minimum Gasteiger partial charge on any atom is -0.853 e. The predicted octanol–water partition coefficient (Wildman–Crippen LogP) is 14.0. The maximum absolute atomic E-state index is 10.8. The van der Waals surface area contributed by atoms with Crippen LogP contribution in [0.25, 0.3) is 0 Å². The number of rotatable bonds is 66. The summed E-state index contributed by atoms with van der Waals surface area (Å²) >= 11 is 0. The van der Waals surface area contributed by atoms with Gasteiger partial charge in [0, 0.05) is 19.8 Å². The third-order valence-electron chi connectivity index (χ3n) is 13.4. The monoisotopic (exact) mass is 1190 g/mol. The molecule has 492 valence electrons. The van der Waals surface area contributed by atoms with Crippen molar-refractivity contribution in [1.82, 2.24) is 0 Å². The van der Waals surface area contributed by atoms with Gasteiger partial charge in [-0.2, -0.15) is 0 Å². The Morgan fingerprint density at radius 3 is 0.439 bits per heavy atom. The summed E-state index contributed by atoms with van der Waals surface area (Å²) in [6, 6.07) is 0. The molecular formula is C66H135AlO15. The van der Waals surface area contributed by atoms with Crippen molar-refractivity contribution in [2.45, 2.75) is 311 Å². The minimum atomic E-state index is -1.17. The molecule has 0 aromatic rings. The van der Waals surface area contributed by atoms with Gasteiger partial charge >= 0.3 is 35.3 Å². The van der Waals surface area contributed by atoms with Crippen molar-refractivity contribution >= 4 is 17.4 Å². The van der Waals surface area contributed by atoms with Gasteiger partial charge in [0.05, 0.1) is 59.5 Å². The summed E-state index contributed by atoms with van der Waals surface area (Å²) in [6.07, 6.45) is 40.7. The molecule has 0 aliphatic rings. The normalized spacial score (nSPS) is 11.9. The van der Waals surface area contributed by atoms with E-state index in [0.29, 0.717) is 59.5 Å². The van der Waals surface area contributed by atoms with Crippen molar-refractivity contribution in [2.75, 3.05) is 119 Å². The van der Waals surface area contributed by atoms with Crippen LogP contribution in [0, 0.1) is 0 Å². The fourth-order valence-corrected chi connectivity index (χ4v) is 8.33. The Hall–Kier alpha value is -0.0675. The molecule has 0 atom stereocenters. The number of ether oxygens (including phenoxy) is 12.